The zero-order chi connectivity index (χ0) is 15.9. The first kappa shape index (κ1) is 15.6. The van der Waals surface area contributed by atoms with Crippen LogP contribution in [0.2, 0.25) is 0 Å². The molecule has 0 bridgehead atoms. The molecule has 0 aromatic carbocycles. The molecule has 0 saturated carbocycles. The van der Waals surface area contributed by atoms with Crippen LogP contribution in [-0.4, -0.2) is 66.3 Å². The number of carboxylic acids is 1. The van der Waals surface area contributed by atoms with Gasteiger partial charge in [0.2, 0.25) is 5.91 Å². The van der Waals surface area contributed by atoms with Crippen molar-refractivity contribution in [1.82, 2.24) is 19.9 Å². The molecule has 2 fully saturated rings. The highest BCUT2D eigenvalue weighted by molar-refractivity contribution is 8.00. The molecule has 10 heteroatoms. The summed E-state index contributed by atoms with van der Waals surface area (Å²) >= 11 is 2.87. The number of carboxylic acid groups (broad SMARTS) is 1. The van der Waals surface area contributed by atoms with Gasteiger partial charge in [-0.2, -0.15) is 0 Å². The number of β-lactam (4-membered cyclic amide) rings is 1. The molecule has 3 heterocycles. The van der Waals surface area contributed by atoms with E-state index in [9.17, 15) is 14.7 Å². The molecule has 1 aromatic rings. The summed E-state index contributed by atoms with van der Waals surface area (Å²) in [6.45, 7) is 2.85. The lowest BCUT2D eigenvalue weighted by Crippen LogP contribution is -2.72. The Morgan fingerprint density at radius 3 is 3.14 bits per heavy atom. The van der Waals surface area contributed by atoms with Crippen LogP contribution in [0.5, 0.6) is 0 Å². The van der Waals surface area contributed by atoms with Crippen LogP contribution >= 0.6 is 23.5 Å². The summed E-state index contributed by atoms with van der Waals surface area (Å²) in [5.74, 6) is -0.220. The molecule has 2 aliphatic rings. The minimum absolute atomic E-state index is 0.0761. The number of aromatic nitrogens is 3. The topological polar surface area (TPSA) is 114 Å². The van der Waals surface area contributed by atoms with Gasteiger partial charge in [0.15, 0.2) is 0 Å². The Labute approximate surface area is 135 Å². The van der Waals surface area contributed by atoms with Crippen LogP contribution < -0.4 is 5.73 Å². The Hall–Kier alpha value is -1.26. The lowest BCUT2D eigenvalue weighted by atomic mass is 9.89. The Morgan fingerprint density at radius 2 is 2.45 bits per heavy atom. The average molecular weight is 343 g/mol. The van der Waals surface area contributed by atoms with Crippen molar-refractivity contribution in [3.05, 3.63) is 6.20 Å². The Morgan fingerprint density at radius 1 is 1.68 bits per heavy atom. The zero-order valence-corrected chi connectivity index (χ0v) is 13.6. The van der Waals surface area contributed by atoms with Crippen LogP contribution in [0.3, 0.4) is 0 Å². The summed E-state index contributed by atoms with van der Waals surface area (Å²) in [6.07, 6.45) is 1.63. The SMILES string of the molecule is CCn1nncc1SCC1(C(=O)O)CS[C@@H]2C(N)C(=O)N2C1. The first-order chi connectivity index (χ1) is 10.5. The predicted molar refractivity (Wildman–Crippen MR) is 82.4 cm³/mol. The summed E-state index contributed by atoms with van der Waals surface area (Å²) in [5.41, 5.74) is 4.78. The summed E-state index contributed by atoms with van der Waals surface area (Å²) in [6, 6.07) is -0.491. The summed E-state index contributed by atoms with van der Waals surface area (Å²) in [5, 5.41) is 18.2. The molecule has 22 heavy (non-hydrogen) atoms. The fourth-order valence-corrected chi connectivity index (χ4v) is 5.39. The number of aryl methyl sites for hydroxylation is 1. The largest absolute Gasteiger partial charge is 0.481 e. The van der Waals surface area contributed by atoms with Crippen LogP contribution in [0.25, 0.3) is 0 Å². The first-order valence-corrected chi connectivity index (χ1v) is 8.94. The number of hydrogen-bond donors (Lipinski definition) is 2. The van der Waals surface area contributed by atoms with Gasteiger partial charge in [0.25, 0.3) is 0 Å². The van der Waals surface area contributed by atoms with Crippen molar-refractivity contribution in [3.63, 3.8) is 0 Å². The summed E-state index contributed by atoms with van der Waals surface area (Å²) in [4.78, 5) is 25.2. The molecule has 3 atom stereocenters. The van der Waals surface area contributed by atoms with Gasteiger partial charge in [-0.3, -0.25) is 9.59 Å². The average Bonchev–Trinajstić information content (AvgIpc) is 2.99. The fraction of sp³-hybridized carbons (Fsp3) is 0.667. The number of amides is 1. The van der Waals surface area contributed by atoms with E-state index in [1.165, 1.54) is 23.5 Å². The summed E-state index contributed by atoms with van der Waals surface area (Å²) < 4.78 is 1.73. The molecule has 2 saturated heterocycles. The number of nitrogens with zero attached hydrogens (tertiary/aromatic N) is 4. The molecular formula is C12H17N5O3S2. The molecule has 3 rings (SSSR count). The van der Waals surface area contributed by atoms with Crippen molar-refractivity contribution in [1.29, 1.82) is 0 Å². The van der Waals surface area contributed by atoms with Gasteiger partial charge in [0.05, 0.1) is 6.20 Å². The van der Waals surface area contributed by atoms with E-state index in [1.807, 2.05) is 6.92 Å². The third kappa shape index (κ3) is 2.38. The zero-order valence-electron chi connectivity index (χ0n) is 12.0. The minimum Gasteiger partial charge on any atom is -0.481 e. The van der Waals surface area contributed by atoms with Gasteiger partial charge in [-0.15, -0.1) is 28.6 Å². The van der Waals surface area contributed by atoms with E-state index in [4.69, 9.17) is 5.73 Å². The number of thioether (sulfide) groups is 2. The number of fused-ring (bicyclic) bond motifs is 1. The van der Waals surface area contributed by atoms with Crippen molar-refractivity contribution in [2.75, 3.05) is 18.1 Å². The Bertz CT molecular complexity index is 609. The Balaban J connectivity index is 1.73. The molecule has 8 nitrogen and oxygen atoms in total. The van der Waals surface area contributed by atoms with E-state index in [1.54, 1.807) is 15.8 Å². The molecule has 3 N–H and O–H groups in total. The highest BCUT2D eigenvalue weighted by atomic mass is 32.2. The second-order valence-electron chi connectivity index (χ2n) is 5.46. The van der Waals surface area contributed by atoms with Gasteiger partial charge >= 0.3 is 5.97 Å². The quantitative estimate of drug-likeness (QED) is 0.553. The number of carbonyl (C=O) groups excluding carboxylic acids is 1. The predicted octanol–water partition coefficient (Wildman–Crippen LogP) is -0.296. The normalized spacial score (nSPS) is 30.8. The van der Waals surface area contributed by atoms with E-state index < -0.39 is 17.4 Å². The number of hydrogen-bond acceptors (Lipinski definition) is 7. The van der Waals surface area contributed by atoms with Crippen molar-refractivity contribution < 1.29 is 14.7 Å². The Kier molecular flexibility index (Phi) is 4.08. The number of carbonyl (C=O) groups is 2. The first-order valence-electron chi connectivity index (χ1n) is 6.91. The lowest BCUT2D eigenvalue weighted by Gasteiger charge is -2.52. The van der Waals surface area contributed by atoms with Crippen LogP contribution in [0.15, 0.2) is 11.2 Å². The van der Waals surface area contributed by atoms with E-state index in [-0.39, 0.29) is 17.8 Å². The van der Waals surface area contributed by atoms with Gasteiger partial charge in [-0.05, 0) is 6.92 Å². The van der Waals surface area contributed by atoms with Gasteiger partial charge in [0.1, 0.15) is 21.9 Å². The third-order valence-electron chi connectivity index (χ3n) is 4.02. The molecule has 2 unspecified atom stereocenters. The van der Waals surface area contributed by atoms with Crippen molar-refractivity contribution in [2.24, 2.45) is 11.1 Å². The monoisotopic (exact) mass is 343 g/mol. The highest BCUT2D eigenvalue weighted by Crippen LogP contribution is 2.43. The molecule has 0 spiro atoms. The van der Waals surface area contributed by atoms with Crippen molar-refractivity contribution in [3.8, 4) is 0 Å². The van der Waals surface area contributed by atoms with E-state index in [0.29, 0.717) is 18.1 Å². The molecule has 1 amide bonds. The van der Waals surface area contributed by atoms with Crippen LogP contribution in [-0.2, 0) is 16.1 Å². The minimum atomic E-state index is -0.968. The molecule has 0 aliphatic carbocycles. The van der Waals surface area contributed by atoms with E-state index >= 15 is 0 Å². The molecular weight excluding hydrogens is 326 g/mol. The molecule has 0 radical (unpaired) electrons. The summed E-state index contributed by atoms with van der Waals surface area (Å²) in [7, 11) is 0. The molecule has 120 valence electrons. The number of aliphatic carboxylic acids is 1. The standard InChI is InChI=1S/C12H17N5O3S2/c1-2-17-7(3-14-15-17)21-5-12(11(19)20)4-16-9(18)8(13)10(16)22-6-12/h3,8,10H,2,4-6,13H2,1H3,(H,19,20)/t8?,10-,12?/m1/s1. The smallest absolute Gasteiger partial charge is 0.313 e. The highest BCUT2D eigenvalue weighted by Gasteiger charge is 2.55. The second-order valence-corrected chi connectivity index (χ2v) is 7.56. The number of rotatable bonds is 5. The maximum Gasteiger partial charge on any atom is 0.313 e. The molecule has 1 aromatic heterocycles. The van der Waals surface area contributed by atoms with Crippen LogP contribution in [0, 0.1) is 5.41 Å². The van der Waals surface area contributed by atoms with Gasteiger partial charge in [-0.1, -0.05) is 5.21 Å². The van der Waals surface area contributed by atoms with Gasteiger partial charge < -0.3 is 15.7 Å². The van der Waals surface area contributed by atoms with Crippen LogP contribution in [0.1, 0.15) is 6.92 Å². The maximum atomic E-state index is 11.8. The maximum absolute atomic E-state index is 11.8. The number of nitrogens with two attached hydrogens (primary N) is 1. The van der Waals surface area contributed by atoms with Crippen LogP contribution in [0.4, 0.5) is 0 Å². The second kappa shape index (κ2) is 5.74. The third-order valence-corrected chi connectivity index (χ3v) is 6.94. The van der Waals surface area contributed by atoms with Gasteiger partial charge in [-0.25, -0.2) is 4.68 Å². The fourth-order valence-electron chi connectivity index (χ4n) is 2.60. The van der Waals surface area contributed by atoms with Gasteiger partial charge in [0, 0.05) is 24.6 Å². The van der Waals surface area contributed by atoms with E-state index in [0.717, 1.165) is 5.03 Å². The lowest BCUT2D eigenvalue weighted by molar-refractivity contribution is -0.155. The molecule has 2 aliphatic heterocycles. The van der Waals surface area contributed by atoms with Crippen molar-refractivity contribution >= 4 is 35.4 Å². The van der Waals surface area contributed by atoms with Crippen molar-refractivity contribution in [2.45, 2.75) is 29.9 Å². The van der Waals surface area contributed by atoms with E-state index in [2.05, 4.69) is 10.3 Å².